The number of hydrogen-bond acceptors (Lipinski definition) is 4. The molecule has 38 heavy (non-hydrogen) atoms. The van der Waals surface area contributed by atoms with Crippen LogP contribution in [0, 0.1) is 35.8 Å². The van der Waals surface area contributed by atoms with Crippen LogP contribution in [0.4, 0.5) is 5.82 Å². The lowest BCUT2D eigenvalue weighted by Crippen LogP contribution is -2.48. The van der Waals surface area contributed by atoms with Crippen LogP contribution in [0.1, 0.15) is 47.2 Å². The van der Waals surface area contributed by atoms with E-state index in [0.717, 1.165) is 78.8 Å². The number of piperazine rings is 1. The number of pyridine rings is 1. The number of para-hydroxylation sites is 2. The highest BCUT2D eigenvalue weighted by Gasteiger charge is 2.36. The predicted molar refractivity (Wildman–Crippen MR) is 151 cm³/mol. The van der Waals surface area contributed by atoms with E-state index < -0.39 is 0 Å². The fourth-order valence-electron chi connectivity index (χ4n) is 6.77. The van der Waals surface area contributed by atoms with Crippen LogP contribution >= 0.6 is 0 Å². The van der Waals surface area contributed by atoms with Gasteiger partial charge in [0.05, 0.1) is 22.6 Å². The molecule has 0 spiro atoms. The molecule has 0 amide bonds. The van der Waals surface area contributed by atoms with Crippen LogP contribution in [0.15, 0.2) is 54.1 Å². The van der Waals surface area contributed by atoms with E-state index in [9.17, 15) is 5.26 Å². The molecule has 1 saturated heterocycles. The highest BCUT2D eigenvalue weighted by atomic mass is 15.3. The van der Waals surface area contributed by atoms with E-state index in [2.05, 4.69) is 68.7 Å². The lowest BCUT2D eigenvalue weighted by molar-refractivity contribution is 0.213. The Hall–Kier alpha value is -4.50. The molecule has 0 radical (unpaired) electrons. The van der Waals surface area contributed by atoms with Crippen molar-refractivity contribution < 1.29 is 0 Å². The molecule has 2 aliphatic carbocycles. The minimum atomic E-state index is 0.126. The smallest absolute Gasteiger partial charge is 0.157 e. The van der Waals surface area contributed by atoms with Gasteiger partial charge in [-0.25, -0.2) is 4.98 Å². The van der Waals surface area contributed by atoms with Gasteiger partial charge >= 0.3 is 0 Å². The second-order valence-electron chi connectivity index (χ2n) is 10.2. The Labute approximate surface area is 223 Å². The maximum Gasteiger partial charge on any atom is 0.157 e. The number of fused-ring (bicyclic) bond motifs is 5. The highest BCUT2D eigenvalue weighted by molar-refractivity contribution is 5.89. The summed E-state index contributed by atoms with van der Waals surface area (Å²) in [6, 6.07) is 21.3. The summed E-state index contributed by atoms with van der Waals surface area (Å²) in [5, 5.41) is 10.1. The van der Waals surface area contributed by atoms with Crippen LogP contribution in [0.3, 0.4) is 0 Å². The fourth-order valence-corrected chi connectivity index (χ4v) is 6.77. The van der Waals surface area contributed by atoms with Gasteiger partial charge in [0.2, 0.25) is 0 Å². The Morgan fingerprint density at radius 1 is 1.11 bits per heavy atom. The molecule has 2 aromatic heterocycles. The van der Waals surface area contributed by atoms with Gasteiger partial charge in [0.1, 0.15) is 11.9 Å². The first-order valence-electron chi connectivity index (χ1n) is 13.3. The second kappa shape index (κ2) is 8.81. The summed E-state index contributed by atoms with van der Waals surface area (Å²) < 4.78 is 2.25. The molecule has 2 aromatic carbocycles. The Morgan fingerprint density at radius 2 is 1.92 bits per heavy atom. The summed E-state index contributed by atoms with van der Waals surface area (Å²) >= 11 is 0. The van der Waals surface area contributed by atoms with Crippen LogP contribution < -0.4 is 4.90 Å². The first-order chi connectivity index (χ1) is 18.7. The van der Waals surface area contributed by atoms with Crippen molar-refractivity contribution in [1.82, 2.24) is 14.3 Å². The molecule has 5 heteroatoms. The minimum Gasteiger partial charge on any atom is -0.355 e. The number of terminal acetylenes is 1. The molecule has 7 rings (SSSR count). The number of benzene rings is 1. The molecule has 5 nitrogen and oxygen atoms in total. The SMILES string of the molecule is C#CC1=C(/C=C\C)C(N2CCN(c3c4c(c(C#N)c5nc6ccccc6n35)CCC4)CC2)c2ccc#cc21. The summed E-state index contributed by atoms with van der Waals surface area (Å²) in [4.78, 5) is 10.0. The Balaban J connectivity index is 1.30. The van der Waals surface area contributed by atoms with E-state index in [0.29, 0.717) is 0 Å². The van der Waals surface area contributed by atoms with Crippen molar-refractivity contribution in [3.05, 3.63) is 94.1 Å². The number of imidazole rings is 1. The third kappa shape index (κ3) is 3.15. The van der Waals surface area contributed by atoms with Gasteiger partial charge in [-0.1, -0.05) is 42.3 Å². The highest BCUT2D eigenvalue weighted by Crippen LogP contribution is 2.44. The largest absolute Gasteiger partial charge is 0.355 e. The van der Waals surface area contributed by atoms with Crippen molar-refractivity contribution in [1.29, 1.82) is 5.26 Å². The number of nitrogens with zero attached hydrogens (tertiary/aromatic N) is 5. The summed E-state index contributed by atoms with van der Waals surface area (Å²) in [5.41, 5.74) is 10.4. The van der Waals surface area contributed by atoms with E-state index >= 15 is 0 Å². The molecule has 3 heterocycles. The number of anilines is 1. The summed E-state index contributed by atoms with van der Waals surface area (Å²) in [6.45, 7) is 5.64. The normalized spacial score (nSPS) is 19.1. The maximum atomic E-state index is 10.1. The van der Waals surface area contributed by atoms with Crippen molar-refractivity contribution in [2.45, 2.75) is 32.2 Å². The quantitative estimate of drug-likeness (QED) is 0.364. The third-order valence-electron chi connectivity index (χ3n) is 8.33. The van der Waals surface area contributed by atoms with Gasteiger partial charge in [0.25, 0.3) is 0 Å². The Bertz CT molecular complexity index is 1750. The number of nitriles is 1. The second-order valence-corrected chi connectivity index (χ2v) is 10.2. The van der Waals surface area contributed by atoms with Gasteiger partial charge in [0.15, 0.2) is 5.65 Å². The molecule has 0 bridgehead atoms. The molecule has 1 unspecified atom stereocenters. The maximum absolute atomic E-state index is 10.1. The zero-order valence-corrected chi connectivity index (χ0v) is 21.5. The number of allylic oxidation sites excluding steroid dienone is 2. The Kier molecular flexibility index (Phi) is 5.26. The standard InChI is InChI=1S/C33H27N5/c1-3-10-25-22(4-2)23-11-5-6-12-26(23)31(25)36-17-19-37(20-18-36)33-27-14-9-13-24(27)28(21-34)32-35-29-15-7-8-16-30(29)38(32)33/h2-3,6-8,10,12,15-16,31H,9,13-14,17-20H2,1H3/b10-3-. The summed E-state index contributed by atoms with van der Waals surface area (Å²) in [6.07, 6.45) is 13.3. The predicted octanol–water partition coefficient (Wildman–Crippen LogP) is 5.29. The molecular weight excluding hydrogens is 466 g/mol. The lowest BCUT2D eigenvalue weighted by Gasteiger charge is -2.40. The first-order valence-corrected chi connectivity index (χ1v) is 13.3. The first kappa shape index (κ1) is 22.7. The zero-order valence-electron chi connectivity index (χ0n) is 21.5. The van der Waals surface area contributed by atoms with Crippen molar-refractivity contribution >= 4 is 28.1 Å². The molecule has 1 fully saturated rings. The monoisotopic (exact) mass is 493 g/mol. The number of rotatable bonds is 3. The third-order valence-corrected chi connectivity index (χ3v) is 8.33. The van der Waals surface area contributed by atoms with E-state index in [4.69, 9.17) is 11.4 Å². The molecule has 1 atom stereocenters. The average molecular weight is 494 g/mol. The van der Waals surface area contributed by atoms with Crippen LogP contribution in [0.2, 0.25) is 0 Å². The van der Waals surface area contributed by atoms with Crippen LogP contribution in [0.25, 0.3) is 22.3 Å². The van der Waals surface area contributed by atoms with Crippen molar-refractivity contribution in [2.24, 2.45) is 0 Å². The fraction of sp³-hybridized carbons (Fsp3) is 0.273. The molecule has 0 N–H and O–H groups in total. The van der Waals surface area contributed by atoms with Crippen LogP contribution in [0.5, 0.6) is 0 Å². The number of hydrogen-bond donors (Lipinski definition) is 0. The summed E-state index contributed by atoms with van der Waals surface area (Å²) in [5.74, 6) is 4.16. The Morgan fingerprint density at radius 3 is 2.71 bits per heavy atom. The number of aromatic nitrogens is 2. The van der Waals surface area contributed by atoms with E-state index in [1.54, 1.807) is 0 Å². The van der Waals surface area contributed by atoms with E-state index in [-0.39, 0.29) is 6.04 Å². The molecular formula is C33H27N5. The topological polar surface area (TPSA) is 47.6 Å². The zero-order chi connectivity index (χ0) is 25.8. The van der Waals surface area contributed by atoms with E-state index in [1.807, 2.05) is 25.1 Å². The van der Waals surface area contributed by atoms with Crippen LogP contribution in [-0.2, 0) is 12.8 Å². The van der Waals surface area contributed by atoms with Crippen molar-refractivity contribution in [3.8, 4) is 18.4 Å². The van der Waals surface area contributed by atoms with Gasteiger partial charge in [-0.3, -0.25) is 9.30 Å². The average Bonchev–Trinajstić information content (AvgIpc) is 3.66. The molecule has 0 saturated carbocycles. The molecule has 1 aliphatic heterocycles. The summed E-state index contributed by atoms with van der Waals surface area (Å²) in [7, 11) is 0. The van der Waals surface area contributed by atoms with Gasteiger partial charge in [-0.05, 0) is 72.7 Å². The lowest BCUT2D eigenvalue weighted by atomic mass is 10.0. The van der Waals surface area contributed by atoms with Crippen molar-refractivity contribution in [3.63, 3.8) is 0 Å². The van der Waals surface area contributed by atoms with Crippen molar-refractivity contribution in [2.75, 3.05) is 31.1 Å². The minimum absolute atomic E-state index is 0.126. The van der Waals surface area contributed by atoms with Crippen LogP contribution in [-0.4, -0.2) is 40.5 Å². The van der Waals surface area contributed by atoms with Gasteiger partial charge in [-0.2, -0.15) is 5.26 Å². The molecule has 4 aromatic rings. The van der Waals surface area contributed by atoms with E-state index in [1.165, 1.54) is 28.1 Å². The molecule has 3 aliphatic rings. The van der Waals surface area contributed by atoms with Gasteiger partial charge in [-0.15, -0.1) is 6.42 Å². The van der Waals surface area contributed by atoms with Gasteiger partial charge in [0, 0.05) is 37.3 Å². The van der Waals surface area contributed by atoms with Gasteiger partial charge < -0.3 is 4.90 Å². The molecule has 184 valence electrons.